The third-order valence-electron chi connectivity index (χ3n) is 3.41. The second-order valence-corrected chi connectivity index (χ2v) is 5.76. The quantitative estimate of drug-likeness (QED) is 0.489. The molecule has 0 fully saturated rings. The van der Waals surface area contributed by atoms with Gasteiger partial charge >= 0.3 is 18.0 Å². The minimum atomic E-state index is -4.80. The van der Waals surface area contributed by atoms with E-state index in [0.29, 0.717) is 6.07 Å². The molecule has 0 aliphatic rings. The standard InChI is InChI=1S/C15H10ClF3N4O4/c16-8-3-1-2-4-9(8)23-12-7(5-6-10(20-12)14(17,18)19)11(21-13(23)24)22-15(25,26)27/h1-6,25-27H,(H,21,22,24). The molecule has 12 heteroatoms. The van der Waals surface area contributed by atoms with Crippen molar-refractivity contribution in [2.24, 2.45) is 0 Å². The van der Waals surface area contributed by atoms with Crippen LogP contribution in [0.15, 0.2) is 41.2 Å². The number of benzene rings is 1. The zero-order valence-corrected chi connectivity index (χ0v) is 13.8. The van der Waals surface area contributed by atoms with Crippen LogP contribution in [-0.2, 0) is 6.18 Å². The lowest BCUT2D eigenvalue weighted by molar-refractivity contribution is -0.289. The van der Waals surface area contributed by atoms with Crippen LogP contribution in [0, 0.1) is 0 Å². The van der Waals surface area contributed by atoms with Crippen LogP contribution in [0.1, 0.15) is 5.69 Å². The molecular weight excluding hydrogens is 393 g/mol. The number of alkyl halides is 3. The molecule has 0 saturated heterocycles. The molecule has 3 aromatic rings. The molecule has 0 radical (unpaired) electrons. The van der Waals surface area contributed by atoms with Crippen molar-refractivity contribution >= 4 is 28.5 Å². The van der Waals surface area contributed by atoms with E-state index >= 15 is 0 Å². The van der Waals surface area contributed by atoms with Crippen molar-refractivity contribution in [1.29, 1.82) is 0 Å². The van der Waals surface area contributed by atoms with Crippen molar-refractivity contribution in [1.82, 2.24) is 14.5 Å². The highest BCUT2D eigenvalue weighted by atomic mass is 35.5. The zero-order valence-electron chi connectivity index (χ0n) is 13.1. The van der Waals surface area contributed by atoms with Crippen LogP contribution in [0.3, 0.4) is 0 Å². The van der Waals surface area contributed by atoms with Gasteiger partial charge in [-0.1, -0.05) is 23.7 Å². The average Bonchev–Trinajstić information content (AvgIpc) is 2.53. The van der Waals surface area contributed by atoms with E-state index in [2.05, 4.69) is 9.97 Å². The fourth-order valence-electron chi connectivity index (χ4n) is 2.36. The minimum absolute atomic E-state index is 0.0169. The summed E-state index contributed by atoms with van der Waals surface area (Å²) in [6.45, 7) is 0. The number of anilines is 1. The Morgan fingerprint density at radius 3 is 2.30 bits per heavy atom. The first kappa shape index (κ1) is 19.0. The summed E-state index contributed by atoms with van der Waals surface area (Å²) in [4.78, 5) is 19.4. The second-order valence-electron chi connectivity index (χ2n) is 5.36. The molecule has 0 spiro atoms. The number of para-hydroxylation sites is 1. The number of rotatable bonds is 3. The summed E-state index contributed by atoms with van der Waals surface area (Å²) in [5, 5.41) is 28.7. The van der Waals surface area contributed by atoms with Gasteiger partial charge < -0.3 is 15.3 Å². The van der Waals surface area contributed by atoms with Crippen LogP contribution in [0.2, 0.25) is 5.02 Å². The van der Waals surface area contributed by atoms with E-state index in [-0.39, 0.29) is 16.1 Å². The number of aromatic nitrogens is 3. The number of fused-ring (bicyclic) bond motifs is 1. The SMILES string of the molecule is O=c1nc(NC(O)(O)O)c2ccc(C(F)(F)F)nc2n1-c1ccccc1Cl. The van der Waals surface area contributed by atoms with Gasteiger partial charge in [0.25, 0.3) is 0 Å². The van der Waals surface area contributed by atoms with Gasteiger partial charge in [0.05, 0.1) is 16.1 Å². The van der Waals surface area contributed by atoms with Crippen LogP contribution < -0.4 is 11.0 Å². The van der Waals surface area contributed by atoms with E-state index in [0.717, 1.165) is 10.6 Å². The van der Waals surface area contributed by atoms with Crippen molar-refractivity contribution < 1.29 is 28.5 Å². The third-order valence-corrected chi connectivity index (χ3v) is 3.73. The van der Waals surface area contributed by atoms with Gasteiger partial charge in [0.1, 0.15) is 11.5 Å². The monoisotopic (exact) mass is 402 g/mol. The van der Waals surface area contributed by atoms with Gasteiger partial charge in [0, 0.05) is 0 Å². The third kappa shape index (κ3) is 3.85. The molecule has 0 unspecified atom stereocenters. The Labute approximate surface area is 153 Å². The number of halogens is 4. The summed E-state index contributed by atoms with van der Waals surface area (Å²) in [6.07, 6.45) is -8.27. The van der Waals surface area contributed by atoms with Gasteiger partial charge in [-0.05, 0) is 24.3 Å². The van der Waals surface area contributed by atoms with E-state index in [9.17, 15) is 18.0 Å². The largest absolute Gasteiger partial charge is 0.433 e. The molecule has 4 N–H and O–H groups in total. The first-order valence-electron chi connectivity index (χ1n) is 7.18. The van der Waals surface area contributed by atoms with Crippen LogP contribution in [0.4, 0.5) is 19.0 Å². The molecule has 27 heavy (non-hydrogen) atoms. The lowest BCUT2D eigenvalue weighted by Gasteiger charge is -2.19. The van der Waals surface area contributed by atoms with Crippen LogP contribution in [0.25, 0.3) is 16.7 Å². The van der Waals surface area contributed by atoms with Gasteiger partial charge in [-0.2, -0.15) is 18.2 Å². The highest BCUT2D eigenvalue weighted by Gasteiger charge is 2.33. The van der Waals surface area contributed by atoms with Crippen LogP contribution in [-0.4, -0.2) is 36.0 Å². The smallest absolute Gasteiger partial charge is 0.325 e. The van der Waals surface area contributed by atoms with E-state index in [1.165, 1.54) is 18.2 Å². The van der Waals surface area contributed by atoms with Gasteiger partial charge in [0.15, 0.2) is 5.65 Å². The molecule has 0 aliphatic carbocycles. The molecule has 1 aromatic carbocycles. The first-order valence-corrected chi connectivity index (χ1v) is 7.56. The Morgan fingerprint density at radius 1 is 1.04 bits per heavy atom. The normalized spacial score (nSPS) is 12.4. The van der Waals surface area contributed by atoms with Gasteiger partial charge in [-0.15, -0.1) is 0 Å². The molecule has 0 amide bonds. The maximum absolute atomic E-state index is 13.1. The predicted octanol–water partition coefficient (Wildman–Crippen LogP) is 1.45. The molecule has 3 rings (SSSR count). The first-order chi connectivity index (χ1) is 12.5. The summed E-state index contributed by atoms with van der Waals surface area (Å²) >= 11 is 6.03. The van der Waals surface area contributed by atoms with Gasteiger partial charge in [-0.3, -0.25) is 5.32 Å². The summed E-state index contributed by atoms with van der Waals surface area (Å²) in [6, 6.07) is 7.36. The minimum Gasteiger partial charge on any atom is -0.325 e. The van der Waals surface area contributed by atoms with Crippen LogP contribution in [0.5, 0.6) is 0 Å². The topological polar surface area (TPSA) is 120 Å². The lowest BCUT2D eigenvalue weighted by Crippen LogP contribution is -2.38. The molecule has 8 nitrogen and oxygen atoms in total. The van der Waals surface area contributed by atoms with Crippen molar-refractivity contribution in [2.75, 3.05) is 5.32 Å². The number of nitrogens with one attached hydrogen (secondary N) is 1. The summed E-state index contributed by atoms with van der Waals surface area (Å²) in [5.74, 6) is -0.591. The summed E-state index contributed by atoms with van der Waals surface area (Å²) in [5.41, 5.74) is -2.90. The average molecular weight is 403 g/mol. The Kier molecular flexibility index (Phi) is 4.56. The summed E-state index contributed by atoms with van der Waals surface area (Å²) in [7, 11) is 0. The van der Waals surface area contributed by atoms with E-state index in [4.69, 9.17) is 26.9 Å². The van der Waals surface area contributed by atoms with Crippen LogP contribution >= 0.6 is 11.6 Å². The number of hydrogen-bond acceptors (Lipinski definition) is 7. The Morgan fingerprint density at radius 2 is 1.70 bits per heavy atom. The Balaban J connectivity index is 2.41. The highest BCUT2D eigenvalue weighted by molar-refractivity contribution is 6.32. The molecule has 2 heterocycles. The van der Waals surface area contributed by atoms with Crippen molar-refractivity contribution in [3.63, 3.8) is 0 Å². The molecule has 0 saturated carbocycles. The molecule has 0 bridgehead atoms. The Bertz CT molecular complexity index is 1080. The van der Waals surface area contributed by atoms with E-state index in [1.54, 1.807) is 11.4 Å². The lowest BCUT2D eigenvalue weighted by atomic mass is 10.2. The van der Waals surface area contributed by atoms with Crippen molar-refractivity contribution in [3.05, 3.63) is 57.6 Å². The molecule has 2 aromatic heterocycles. The van der Waals surface area contributed by atoms with E-state index < -0.39 is 35.1 Å². The molecule has 142 valence electrons. The number of pyridine rings is 1. The van der Waals surface area contributed by atoms with Gasteiger partial charge in [0.2, 0.25) is 0 Å². The molecular formula is C15H10ClF3N4O4. The fourth-order valence-corrected chi connectivity index (χ4v) is 2.58. The highest BCUT2D eigenvalue weighted by Crippen LogP contribution is 2.31. The number of aliphatic hydroxyl groups is 3. The van der Waals surface area contributed by atoms with Gasteiger partial charge in [-0.25, -0.2) is 14.3 Å². The predicted molar refractivity (Wildman–Crippen MR) is 88.2 cm³/mol. The second kappa shape index (κ2) is 6.46. The maximum atomic E-state index is 13.1. The number of nitrogens with zero attached hydrogens (tertiary/aromatic N) is 3. The maximum Gasteiger partial charge on any atom is 0.433 e. The van der Waals surface area contributed by atoms with E-state index in [1.807, 2.05) is 0 Å². The fraction of sp³-hybridized carbons (Fsp3) is 0.133. The number of hydrogen-bond donors (Lipinski definition) is 4. The molecule has 0 atom stereocenters. The van der Waals surface area contributed by atoms with Crippen molar-refractivity contribution in [2.45, 2.75) is 12.3 Å². The summed E-state index contributed by atoms with van der Waals surface area (Å²) < 4.78 is 40.0. The molecule has 0 aliphatic heterocycles. The van der Waals surface area contributed by atoms with Crippen molar-refractivity contribution in [3.8, 4) is 5.69 Å². The Hall–Kier alpha value is -2.73. The zero-order chi connectivity index (χ0) is 20.0.